The van der Waals surface area contributed by atoms with Gasteiger partial charge in [-0.15, -0.1) is 0 Å². The molecule has 1 unspecified atom stereocenters. The van der Waals surface area contributed by atoms with Gasteiger partial charge in [0.15, 0.2) is 11.5 Å². The second kappa shape index (κ2) is 12.3. The largest absolute Gasteiger partial charge is 0.493 e. The Hall–Kier alpha value is -3.16. The Bertz CT molecular complexity index is 975. The minimum Gasteiger partial charge on any atom is -0.493 e. The van der Waals surface area contributed by atoms with Crippen molar-refractivity contribution in [2.24, 2.45) is 0 Å². The van der Waals surface area contributed by atoms with Crippen LogP contribution in [0.5, 0.6) is 23.0 Å². The molecule has 0 amide bonds. The van der Waals surface area contributed by atoms with E-state index in [-0.39, 0.29) is 6.61 Å². The van der Waals surface area contributed by atoms with Gasteiger partial charge in [-0.3, -0.25) is 4.90 Å². The van der Waals surface area contributed by atoms with Crippen LogP contribution in [0.3, 0.4) is 0 Å². The van der Waals surface area contributed by atoms with E-state index in [1.807, 2.05) is 36.4 Å². The Labute approximate surface area is 201 Å². The number of benzene rings is 2. The zero-order valence-corrected chi connectivity index (χ0v) is 20.6. The van der Waals surface area contributed by atoms with Gasteiger partial charge < -0.3 is 28.5 Å². The fourth-order valence-electron chi connectivity index (χ4n) is 3.78. The van der Waals surface area contributed by atoms with Gasteiger partial charge in [-0.1, -0.05) is 26.0 Å². The SMILES string of the molecule is COc1cc(CN(Cc2ccco2)CC(O)COc2ccc(C(C)C)cc2)cc(OC)c1OC. The van der Waals surface area contributed by atoms with Crippen LogP contribution in [0, 0.1) is 0 Å². The van der Waals surface area contributed by atoms with Gasteiger partial charge in [0.05, 0.1) is 34.1 Å². The number of furan rings is 1. The van der Waals surface area contributed by atoms with Gasteiger partial charge in [-0.05, 0) is 53.4 Å². The number of hydrogen-bond donors (Lipinski definition) is 1. The second-order valence-corrected chi connectivity index (χ2v) is 8.47. The Kier molecular flexibility index (Phi) is 9.24. The quantitative estimate of drug-likeness (QED) is 0.383. The van der Waals surface area contributed by atoms with Crippen LogP contribution in [0.4, 0.5) is 0 Å². The highest BCUT2D eigenvalue weighted by molar-refractivity contribution is 5.53. The maximum atomic E-state index is 10.7. The van der Waals surface area contributed by atoms with E-state index < -0.39 is 6.10 Å². The predicted molar refractivity (Wildman–Crippen MR) is 131 cm³/mol. The molecule has 0 radical (unpaired) electrons. The monoisotopic (exact) mass is 469 g/mol. The molecule has 0 aliphatic heterocycles. The van der Waals surface area contributed by atoms with Crippen LogP contribution in [0.2, 0.25) is 0 Å². The first-order chi connectivity index (χ1) is 16.4. The van der Waals surface area contributed by atoms with Crippen molar-refractivity contribution in [1.29, 1.82) is 0 Å². The first-order valence-electron chi connectivity index (χ1n) is 11.4. The Morgan fingerprint density at radius 1 is 0.912 bits per heavy atom. The number of methoxy groups -OCH3 is 3. The highest BCUT2D eigenvalue weighted by Gasteiger charge is 2.18. The zero-order chi connectivity index (χ0) is 24.5. The molecule has 0 aliphatic rings. The van der Waals surface area contributed by atoms with Gasteiger partial charge in [0.2, 0.25) is 5.75 Å². The zero-order valence-electron chi connectivity index (χ0n) is 20.6. The van der Waals surface area contributed by atoms with E-state index in [9.17, 15) is 5.11 Å². The smallest absolute Gasteiger partial charge is 0.203 e. The first kappa shape index (κ1) is 25.5. The van der Waals surface area contributed by atoms with Crippen molar-refractivity contribution in [3.63, 3.8) is 0 Å². The van der Waals surface area contributed by atoms with E-state index in [4.69, 9.17) is 23.4 Å². The van der Waals surface area contributed by atoms with E-state index in [0.717, 1.165) is 17.1 Å². The van der Waals surface area contributed by atoms with Gasteiger partial charge >= 0.3 is 0 Å². The molecule has 1 aromatic heterocycles. The Balaban J connectivity index is 1.69. The average Bonchev–Trinajstić information content (AvgIpc) is 3.35. The molecule has 0 saturated carbocycles. The maximum Gasteiger partial charge on any atom is 0.203 e. The Morgan fingerprint density at radius 2 is 1.59 bits per heavy atom. The minimum atomic E-state index is -0.693. The third-order valence-electron chi connectivity index (χ3n) is 5.55. The van der Waals surface area contributed by atoms with Crippen molar-refractivity contribution >= 4 is 0 Å². The van der Waals surface area contributed by atoms with Crippen LogP contribution < -0.4 is 18.9 Å². The summed E-state index contributed by atoms with van der Waals surface area (Å²) in [5.41, 5.74) is 2.21. The summed E-state index contributed by atoms with van der Waals surface area (Å²) in [4.78, 5) is 2.09. The number of ether oxygens (including phenoxy) is 4. The molecule has 0 spiro atoms. The number of nitrogens with zero attached hydrogens (tertiary/aromatic N) is 1. The molecule has 2 aromatic carbocycles. The van der Waals surface area contributed by atoms with Crippen molar-refractivity contribution in [1.82, 2.24) is 4.90 Å². The molecule has 1 heterocycles. The van der Waals surface area contributed by atoms with Crippen LogP contribution in [-0.4, -0.2) is 50.6 Å². The van der Waals surface area contributed by atoms with E-state index in [1.165, 1.54) is 5.56 Å². The molecule has 0 bridgehead atoms. The summed E-state index contributed by atoms with van der Waals surface area (Å²) in [6, 6.07) is 15.6. The van der Waals surface area contributed by atoms with Gasteiger partial charge in [0, 0.05) is 13.1 Å². The third kappa shape index (κ3) is 6.92. The molecular weight excluding hydrogens is 434 g/mol. The highest BCUT2D eigenvalue weighted by Crippen LogP contribution is 2.38. The van der Waals surface area contributed by atoms with Crippen molar-refractivity contribution in [2.45, 2.75) is 39.0 Å². The molecule has 3 rings (SSSR count). The molecular formula is C27H35NO6. The molecule has 7 heteroatoms. The molecule has 1 N–H and O–H groups in total. The fraction of sp³-hybridized carbons (Fsp3) is 0.407. The number of rotatable bonds is 13. The molecule has 1 atom stereocenters. The summed E-state index contributed by atoms with van der Waals surface area (Å²) in [6.45, 7) is 5.95. The predicted octanol–water partition coefficient (Wildman–Crippen LogP) is 4.87. The van der Waals surface area contributed by atoms with E-state index in [0.29, 0.717) is 42.8 Å². The summed E-state index contributed by atoms with van der Waals surface area (Å²) >= 11 is 0. The standard InChI is InChI=1S/C27H35NO6/c1-19(2)21-8-10-23(11-9-21)34-18-22(29)16-28(17-24-7-6-12-33-24)15-20-13-25(30-3)27(32-5)26(14-20)31-4/h6-14,19,22,29H,15-18H2,1-5H3. The maximum absolute atomic E-state index is 10.7. The van der Waals surface area contributed by atoms with Crippen molar-refractivity contribution in [3.8, 4) is 23.0 Å². The van der Waals surface area contributed by atoms with Crippen molar-refractivity contribution < 1.29 is 28.5 Å². The van der Waals surface area contributed by atoms with Crippen molar-refractivity contribution in [3.05, 3.63) is 71.7 Å². The lowest BCUT2D eigenvalue weighted by Crippen LogP contribution is -2.35. The van der Waals surface area contributed by atoms with Gasteiger partial charge in [-0.25, -0.2) is 0 Å². The van der Waals surface area contributed by atoms with Crippen LogP contribution in [0.15, 0.2) is 59.2 Å². The average molecular weight is 470 g/mol. The lowest BCUT2D eigenvalue weighted by molar-refractivity contribution is 0.0604. The van der Waals surface area contributed by atoms with E-state index >= 15 is 0 Å². The summed E-state index contributed by atoms with van der Waals surface area (Å²) in [6.07, 6.45) is 0.953. The molecule has 0 saturated heterocycles. The lowest BCUT2D eigenvalue weighted by atomic mass is 10.0. The highest BCUT2D eigenvalue weighted by atomic mass is 16.5. The molecule has 34 heavy (non-hydrogen) atoms. The van der Waals surface area contributed by atoms with E-state index in [2.05, 4.69) is 30.9 Å². The second-order valence-electron chi connectivity index (χ2n) is 8.47. The molecule has 184 valence electrons. The molecule has 0 aliphatic carbocycles. The summed E-state index contributed by atoms with van der Waals surface area (Å²) in [5, 5.41) is 10.7. The van der Waals surface area contributed by atoms with Crippen LogP contribution >= 0.6 is 0 Å². The van der Waals surface area contributed by atoms with Crippen LogP contribution in [0.1, 0.15) is 36.7 Å². The number of aliphatic hydroxyl groups is 1. The number of aliphatic hydroxyl groups excluding tert-OH is 1. The summed E-state index contributed by atoms with van der Waals surface area (Å²) in [5.74, 6) is 3.73. The normalized spacial score (nSPS) is 12.1. The first-order valence-corrected chi connectivity index (χ1v) is 11.4. The van der Waals surface area contributed by atoms with Crippen LogP contribution in [0.25, 0.3) is 0 Å². The van der Waals surface area contributed by atoms with E-state index in [1.54, 1.807) is 27.6 Å². The van der Waals surface area contributed by atoms with Crippen molar-refractivity contribution in [2.75, 3.05) is 34.5 Å². The minimum absolute atomic E-state index is 0.185. The molecule has 7 nitrogen and oxygen atoms in total. The van der Waals surface area contributed by atoms with Crippen LogP contribution in [-0.2, 0) is 13.1 Å². The molecule has 0 fully saturated rings. The molecule has 3 aromatic rings. The van der Waals surface area contributed by atoms with Gasteiger partial charge in [-0.2, -0.15) is 0 Å². The Morgan fingerprint density at radius 3 is 2.12 bits per heavy atom. The number of hydrogen-bond acceptors (Lipinski definition) is 7. The third-order valence-corrected chi connectivity index (χ3v) is 5.55. The topological polar surface area (TPSA) is 73.5 Å². The van der Waals surface area contributed by atoms with Gasteiger partial charge in [0.25, 0.3) is 0 Å². The lowest BCUT2D eigenvalue weighted by Gasteiger charge is -2.25. The summed E-state index contributed by atoms with van der Waals surface area (Å²) < 4.78 is 27.8. The fourth-order valence-corrected chi connectivity index (χ4v) is 3.78. The van der Waals surface area contributed by atoms with Gasteiger partial charge in [0.1, 0.15) is 24.2 Å². The summed E-state index contributed by atoms with van der Waals surface area (Å²) in [7, 11) is 4.77.